The molecule has 5 atom stereocenters. The molecule has 0 bridgehead atoms. The average molecular weight is 284 g/mol. The number of esters is 1. The quantitative estimate of drug-likeness (QED) is 0.705. The topological polar surface area (TPSA) is 35.5 Å². The average Bonchev–Trinajstić information content (AvgIpc) is 2.40. The minimum Gasteiger partial charge on any atom is -0.435 e. The van der Waals surface area contributed by atoms with E-state index in [2.05, 4.69) is 13.8 Å². The van der Waals surface area contributed by atoms with Crippen LogP contribution in [0.25, 0.3) is 0 Å². The molecule has 0 spiro atoms. The Morgan fingerprint density at radius 3 is 2.40 bits per heavy atom. The van der Waals surface area contributed by atoms with Crippen molar-refractivity contribution in [2.45, 2.75) is 80.1 Å². The Hall–Kier alpha value is -0.570. The van der Waals surface area contributed by atoms with Crippen molar-refractivity contribution in [2.75, 3.05) is 0 Å². The molecule has 3 heteroatoms. The molecule has 118 valence electrons. The van der Waals surface area contributed by atoms with Crippen molar-refractivity contribution in [1.82, 2.24) is 0 Å². The first-order chi connectivity index (χ1) is 9.37. The number of rotatable bonds is 2. The van der Waals surface area contributed by atoms with Crippen LogP contribution in [0.15, 0.2) is 0 Å². The molecule has 1 saturated heterocycles. The monoisotopic (exact) mass is 284 g/mol. The summed E-state index contributed by atoms with van der Waals surface area (Å²) in [5.74, 6) is 0.851. The highest BCUT2D eigenvalue weighted by atomic mass is 16.7. The van der Waals surface area contributed by atoms with Gasteiger partial charge in [0.15, 0.2) is 0 Å². The first-order valence-corrected chi connectivity index (χ1v) is 8.23. The molecule has 0 aromatic carbocycles. The molecule has 2 rings (SSSR count). The van der Waals surface area contributed by atoms with Crippen LogP contribution in [-0.4, -0.2) is 18.4 Å². The van der Waals surface area contributed by atoms with Crippen LogP contribution < -0.4 is 0 Å². The zero-order chi connectivity index (χ0) is 15.5. The minimum atomic E-state index is -0.374. The van der Waals surface area contributed by atoms with Crippen molar-refractivity contribution in [1.29, 1.82) is 0 Å². The van der Waals surface area contributed by atoms with E-state index in [4.69, 9.17) is 9.47 Å². The van der Waals surface area contributed by atoms with Gasteiger partial charge in [-0.1, -0.05) is 41.0 Å². The second kappa shape index (κ2) is 6.93. The fourth-order valence-corrected chi connectivity index (χ4v) is 3.75. The highest BCUT2D eigenvalue weighted by molar-refractivity contribution is 5.73. The largest absolute Gasteiger partial charge is 0.435 e. The predicted octanol–water partition coefficient (Wildman–Crippen LogP) is 4.40. The van der Waals surface area contributed by atoms with Gasteiger partial charge < -0.3 is 9.47 Å². The van der Waals surface area contributed by atoms with Gasteiger partial charge in [0, 0.05) is 5.41 Å². The van der Waals surface area contributed by atoms with Crippen LogP contribution in [0.2, 0.25) is 0 Å². The molecule has 5 unspecified atom stereocenters. The maximum absolute atomic E-state index is 12.0. The summed E-state index contributed by atoms with van der Waals surface area (Å²) in [5, 5.41) is 0. The van der Waals surface area contributed by atoms with Gasteiger partial charge in [0.05, 0.1) is 12.0 Å². The second-order valence-corrected chi connectivity index (χ2v) is 6.55. The summed E-state index contributed by atoms with van der Waals surface area (Å²) in [6.45, 7) is 14.5. The zero-order valence-corrected chi connectivity index (χ0v) is 14.2. The number of cyclic esters (lactones) is 1. The lowest BCUT2D eigenvalue weighted by molar-refractivity contribution is -0.274. The van der Waals surface area contributed by atoms with Gasteiger partial charge in [-0.15, -0.1) is 0 Å². The molecule has 0 aromatic heterocycles. The third-order valence-electron chi connectivity index (χ3n) is 5.12. The number of ether oxygens (including phenoxy) is 2. The molecular formula is C17H32O3. The SMILES string of the molecule is CC.CC(C)OC1OC(=O)C(C)C2CCCC(C)C12C. The Labute approximate surface area is 124 Å². The molecule has 2 aliphatic rings. The van der Waals surface area contributed by atoms with Crippen molar-refractivity contribution in [3.63, 3.8) is 0 Å². The number of carbonyl (C=O) groups excluding carboxylic acids is 1. The van der Waals surface area contributed by atoms with Gasteiger partial charge in [0.25, 0.3) is 0 Å². The molecule has 0 amide bonds. The molecule has 0 radical (unpaired) electrons. The first kappa shape index (κ1) is 17.5. The van der Waals surface area contributed by atoms with Gasteiger partial charge in [-0.25, -0.2) is 0 Å². The molecule has 1 saturated carbocycles. The van der Waals surface area contributed by atoms with Crippen LogP contribution in [0.1, 0.15) is 67.7 Å². The summed E-state index contributed by atoms with van der Waals surface area (Å²) in [5.41, 5.74) is -0.0319. The van der Waals surface area contributed by atoms with Crippen molar-refractivity contribution in [3.8, 4) is 0 Å². The number of hydrogen-bond acceptors (Lipinski definition) is 3. The lowest BCUT2D eigenvalue weighted by Crippen LogP contribution is -2.57. The minimum absolute atomic E-state index is 0.00441. The Balaban J connectivity index is 0.000000956. The Kier molecular flexibility index (Phi) is 6.06. The van der Waals surface area contributed by atoms with E-state index in [-0.39, 0.29) is 29.7 Å². The van der Waals surface area contributed by atoms with Crippen molar-refractivity contribution in [2.24, 2.45) is 23.2 Å². The molecule has 1 aliphatic heterocycles. The third-order valence-corrected chi connectivity index (χ3v) is 5.12. The molecule has 0 aromatic rings. The molecule has 3 nitrogen and oxygen atoms in total. The lowest BCUT2D eigenvalue weighted by Gasteiger charge is -2.54. The Morgan fingerprint density at radius 1 is 1.25 bits per heavy atom. The molecule has 1 aliphatic carbocycles. The van der Waals surface area contributed by atoms with E-state index in [9.17, 15) is 4.79 Å². The van der Waals surface area contributed by atoms with Gasteiger partial charge in [-0.2, -0.15) is 0 Å². The van der Waals surface area contributed by atoms with Crippen molar-refractivity contribution in [3.05, 3.63) is 0 Å². The Bertz CT molecular complexity index is 326. The molecule has 1 heterocycles. The summed E-state index contributed by atoms with van der Waals surface area (Å²) < 4.78 is 11.5. The van der Waals surface area contributed by atoms with E-state index in [0.717, 1.165) is 6.42 Å². The summed E-state index contributed by atoms with van der Waals surface area (Å²) in [6, 6.07) is 0. The van der Waals surface area contributed by atoms with E-state index >= 15 is 0 Å². The fourth-order valence-electron chi connectivity index (χ4n) is 3.75. The first-order valence-electron chi connectivity index (χ1n) is 8.23. The van der Waals surface area contributed by atoms with Gasteiger partial charge in [0.2, 0.25) is 6.29 Å². The number of hydrogen-bond donors (Lipinski definition) is 0. The molecular weight excluding hydrogens is 252 g/mol. The highest BCUT2D eigenvalue weighted by Crippen LogP contribution is 2.54. The van der Waals surface area contributed by atoms with Crippen LogP contribution in [0.3, 0.4) is 0 Å². The number of fused-ring (bicyclic) bond motifs is 1. The van der Waals surface area contributed by atoms with Gasteiger partial charge in [-0.05, 0) is 38.5 Å². The van der Waals surface area contributed by atoms with Crippen LogP contribution in [0.5, 0.6) is 0 Å². The smallest absolute Gasteiger partial charge is 0.311 e. The van der Waals surface area contributed by atoms with Gasteiger partial charge in [0.1, 0.15) is 0 Å². The summed E-state index contributed by atoms with van der Waals surface area (Å²) in [6.07, 6.45) is 3.25. The normalized spacial score (nSPS) is 40.5. The Morgan fingerprint density at radius 2 is 1.85 bits per heavy atom. The van der Waals surface area contributed by atoms with Crippen LogP contribution in [-0.2, 0) is 14.3 Å². The van der Waals surface area contributed by atoms with E-state index in [1.807, 2.05) is 34.6 Å². The maximum atomic E-state index is 12.0. The van der Waals surface area contributed by atoms with Crippen LogP contribution in [0.4, 0.5) is 0 Å². The van der Waals surface area contributed by atoms with E-state index in [1.54, 1.807) is 0 Å². The number of carbonyl (C=O) groups is 1. The van der Waals surface area contributed by atoms with Crippen molar-refractivity contribution < 1.29 is 14.3 Å². The predicted molar refractivity (Wildman–Crippen MR) is 81.2 cm³/mol. The maximum Gasteiger partial charge on any atom is 0.311 e. The standard InChI is InChI=1S/C15H26O3.C2H6/c1-9(2)17-14-15(5)10(3)7-6-8-12(15)11(4)13(16)18-14;1-2/h9-12,14H,6-8H2,1-5H3;1-2H3. The molecule has 0 N–H and O–H groups in total. The van der Waals surface area contributed by atoms with E-state index < -0.39 is 0 Å². The van der Waals surface area contributed by atoms with Crippen molar-refractivity contribution >= 4 is 5.97 Å². The molecule has 20 heavy (non-hydrogen) atoms. The second-order valence-electron chi connectivity index (χ2n) is 6.55. The highest BCUT2D eigenvalue weighted by Gasteiger charge is 2.56. The fraction of sp³-hybridized carbons (Fsp3) is 0.941. The molecule has 2 fully saturated rings. The summed E-state index contributed by atoms with van der Waals surface area (Å²) >= 11 is 0. The summed E-state index contributed by atoms with van der Waals surface area (Å²) in [4.78, 5) is 12.0. The third kappa shape index (κ3) is 3.03. The summed E-state index contributed by atoms with van der Waals surface area (Å²) in [7, 11) is 0. The van der Waals surface area contributed by atoms with Crippen LogP contribution >= 0.6 is 0 Å². The van der Waals surface area contributed by atoms with E-state index in [1.165, 1.54) is 12.8 Å². The zero-order valence-electron chi connectivity index (χ0n) is 14.2. The van der Waals surface area contributed by atoms with Gasteiger partial charge in [-0.3, -0.25) is 4.79 Å². The van der Waals surface area contributed by atoms with E-state index in [0.29, 0.717) is 11.8 Å². The lowest BCUT2D eigenvalue weighted by atomic mass is 9.56. The van der Waals surface area contributed by atoms with Gasteiger partial charge >= 0.3 is 5.97 Å². The van der Waals surface area contributed by atoms with Crippen LogP contribution in [0, 0.1) is 23.2 Å².